The van der Waals surface area contributed by atoms with Gasteiger partial charge in [-0.3, -0.25) is 9.59 Å². The summed E-state index contributed by atoms with van der Waals surface area (Å²) < 4.78 is 0. The Balaban J connectivity index is 0.00000169. The van der Waals surface area contributed by atoms with E-state index >= 15 is 0 Å². The number of fused-ring (bicyclic) bond motifs is 1. The normalized spacial score (nSPS) is 20.7. The van der Waals surface area contributed by atoms with E-state index in [0.29, 0.717) is 24.2 Å². The van der Waals surface area contributed by atoms with Gasteiger partial charge in [0.15, 0.2) is 0 Å². The van der Waals surface area contributed by atoms with E-state index in [1.807, 2.05) is 35.9 Å². The zero-order valence-corrected chi connectivity index (χ0v) is 16.9. The minimum absolute atomic E-state index is 0. The molecule has 8 heteroatoms. The molecule has 0 bridgehead atoms. The Bertz CT molecular complexity index is 654. The molecular formula is C18H28Cl2N4O2. The van der Waals surface area contributed by atoms with E-state index in [4.69, 9.17) is 5.73 Å². The highest BCUT2D eigenvalue weighted by Gasteiger charge is 2.30. The summed E-state index contributed by atoms with van der Waals surface area (Å²) in [6.45, 7) is 3.38. The number of amides is 2. The van der Waals surface area contributed by atoms with Crippen molar-refractivity contribution in [3.05, 3.63) is 23.8 Å². The lowest BCUT2D eigenvalue weighted by Gasteiger charge is -2.38. The maximum absolute atomic E-state index is 13.0. The molecule has 146 valence electrons. The number of hydrogen-bond donors (Lipinski definition) is 2. The number of carbonyl (C=O) groups is 2. The summed E-state index contributed by atoms with van der Waals surface area (Å²) in [7, 11) is 1.96. The molecular weight excluding hydrogens is 375 g/mol. The molecule has 2 unspecified atom stereocenters. The van der Waals surface area contributed by atoms with Crippen LogP contribution in [0.3, 0.4) is 0 Å². The van der Waals surface area contributed by atoms with Gasteiger partial charge in [-0.1, -0.05) is 0 Å². The summed E-state index contributed by atoms with van der Waals surface area (Å²) in [5.74, 6) is -0.0161. The molecule has 1 aromatic rings. The van der Waals surface area contributed by atoms with Crippen LogP contribution in [0.5, 0.6) is 0 Å². The number of benzene rings is 1. The van der Waals surface area contributed by atoms with Gasteiger partial charge in [0.05, 0.1) is 11.4 Å². The van der Waals surface area contributed by atoms with E-state index in [1.165, 1.54) is 0 Å². The van der Waals surface area contributed by atoms with Crippen LogP contribution in [0.1, 0.15) is 43.0 Å². The molecule has 2 atom stereocenters. The van der Waals surface area contributed by atoms with E-state index in [-0.39, 0.29) is 48.7 Å². The van der Waals surface area contributed by atoms with Gasteiger partial charge in [-0.25, -0.2) is 0 Å². The Hall–Kier alpha value is -1.50. The van der Waals surface area contributed by atoms with Crippen molar-refractivity contribution in [2.45, 2.75) is 44.7 Å². The Labute approximate surface area is 167 Å². The number of nitrogens with one attached hydrogen (secondary N) is 1. The number of likely N-dealkylation sites (tertiary alicyclic amines) is 1. The van der Waals surface area contributed by atoms with Crippen LogP contribution in [0.4, 0.5) is 11.4 Å². The van der Waals surface area contributed by atoms with Crippen molar-refractivity contribution in [2.75, 3.05) is 30.4 Å². The van der Waals surface area contributed by atoms with Crippen LogP contribution in [-0.2, 0) is 4.79 Å². The SMILES string of the molecule is CC(N)C1CCCCN1C(=O)c1ccc2c(c1)NC(=O)CCN2C.Cl.Cl. The van der Waals surface area contributed by atoms with Crippen LogP contribution in [0, 0.1) is 0 Å². The molecule has 3 N–H and O–H groups in total. The van der Waals surface area contributed by atoms with E-state index in [0.717, 1.165) is 31.5 Å². The Morgan fingerprint density at radius 3 is 2.69 bits per heavy atom. The number of nitrogens with two attached hydrogens (primary N) is 1. The average molecular weight is 403 g/mol. The molecule has 1 saturated heterocycles. The van der Waals surface area contributed by atoms with E-state index in [1.54, 1.807) is 6.07 Å². The van der Waals surface area contributed by atoms with Crippen LogP contribution >= 0.6 is 24.8 Å². The molecule has 2 aliphatic rings. The summed E-state index contributed by atoms with van der Waals surface area (Å²) in [5, 5.41) is 2.91. The number of hydrogen-bond acceptors (Lipinski definition) is 4. The van der Waals surface area contributed by atoms with Crippen LogP contribution in [-0.4, -0.2) is 48.9 Å². The smallest absolute Gasteiger partial charge is 0.254 e. The molecule has 0 spiro atoms. The Morgan fingerprint density at radius 2 is 2.00 bits per heavy atom. The van der Waals surface area contributed by atoms with Crippen molar-refractivity contribution in [3.8, 4) is 0 Å². The summed E-state index contributed by atoms with van der Waals surface area (Å²) >= 11 is 0. The molecule has 2 amide bonds. The molecule has 1 aromatic carbocycles. The highest BCUT2D eigenvalue weighted by Crippen LogP contribution is 2.30. The minimum Gasteiger partial charge on any atom is -0.372 e. The first kappa shape index (κ1) is 22.5. The maximum atomic E-state index is 13.0. The van der Waals surface area contributed by atoms with Gasteiger partial charge in [0.2, 0.25) is 5.91 Å². The van der Waals surface area contributed by atoms with Crippen molar-refractivity contribution in [1.29, 1.82) is 0 Å². The molecule has 3 rings (SSSR count). The zero-order chi connectivity index (χ0) is 17.3. The summed E-state index contributed by atoms with van der Waals surface area (Å²) in [4.78, 5) is 28.8. The minimum atomic E-state index is -0.0408. The zero-order valence-electron chi connectivity index (χ0n) is 15.2. The van der Waals surface area contributed by atoms with Crippen LogP contribution in [0.2, 0.25) is 0 Å². The molecule has 0 aliphatic carbocycles. The summed E-state index contributed by atoms with van der Waals surface area (Å²) in [5.41, 5.74) is 8.34. The fourth-order valence-corrected chi connectivity index (χ4v) is 3.63. The average Bonchev–Trinajstić information content (AvgIpc) is 2.72. The molecule has 1 fully saturated rings. The highest BCUT2D eigenvalue weighted by molar-refractivity contribution is 6.01. The molecule has 2 heterocycles. The number of nitrogens with zero attached hydrogens (tertiary/aromatic N) is 2. The largest absolute Gasteiger partial charge is 0.372 e. The third-order valence-corrected chi connectivity index (χ3v) is 5.02. The monoisotopic (exact) mass is 402 g/mol. The third kappa shape index (κ3) is 4.61. The fourth-order valence-electron chi connectivity index (χ4n) is 3.63. The number of anilines is 2. The molecule has 0 aromatic heterocycles. The van der Waals surface area contributed by atoms with Gasteiger partial charge >= 0.3 is 0 Å². The van der Waals surface area contributed by atoms with E-state index in [9.17, 15) is 9.59 Å². The van der Waals surface area contributed by atoms with E-state index < -0.39 is 0 Å². The predicted molar refractivity (Wildman–Crippen MR) is 110 cm³/mol. The Morgan fingerprint density at radius 1 is 1.27 bits per heavy atom. The summed E-state index contributed by atoms with van der Waals surface area (Å²) in [6, 6.07) is 5.61. The lowest BCUT2D eigenvalue weighted by molar-refractivity contribution is -0.115. The lowest BCUT2D eigenvalue weighted by atomic mass is 9.96. The van der Waals surface area contributed by atoms with Crippen LogP contribution in [0.15, 0.2) is 18.2 Å². The van der Waals surface area contributed by atoms with Gasteiger partial charge in [0, 0.05) is 44.2 Å². The van der Waals surface area contributed by atoms with Crippen molar-refractivity contribution in [3.63, 3.8) is 0 Å². The second-order valence-corrected chi connectivity index (χ2v) is 6.87. The lowest BCUT2D eigenvalue weighted by Crippen LogP contribution is -2.51. The van der Waals surface area contributed by atoms with Gasteiger partial charge in [0.25, 0.3) is 5.91 Å². The molecule has 26 heavy (non-hydrogen) atoms. The van der Waals surface area contributed by atoms with Crippen molar-refractivity contribution in [2.24, 2.45) is 5.73 Å². The number of carbonyl (C=O) groups excluding carboxylic acids is 2. The molecule has 6 nitrogen and oxygen atoms in total. The second-order valence-electron chi connectivity index (χ2n) is 6.87. The van der Waals surface area contributed by atoms with Crippen LogP contribution in [0.25, 0.3) is 0 Å². The maximum Gasteiger partial charge on any atom is 0.254 e. The van der Waals surface area contributed by atoms with Gasteiger partial charge in [-0.2, -0.15) is 0 Å². The first-order chi connectivity index (χ1) is 11.5. The van der Waals surface area contributed by atoms with Crippen molar-refractivity contribution in [1.82, 2.24) is 4.90 Å². The van der Waals surface area contributed by atoms with Gasteiger partial charge < -0.3 is 20.9 Å². The molecule has 2 aliphatic heterocycles. The van der Waals surface area contributed by atoms with Crippen molar-refractivity contribution < 1.29 is 9.59 Å². The number of piperidine rings is 1. The van der Waals surface area contributed by atoms with E-state index in [2.05, 4.69) is 5.32 Å². The van der Waals surface area contributed by atoms with Crippen molar-refractivity contribution >= 4 is 48.0 Å². The van der Waals surface area contributed by atoms with Gasteiger partial charge in [-0.05, 0) is 44.4 Å². The standard InChI is InChI=1S/C18H26N4O2.2ClH/c1-12(19)15-5-3-4-9-22(15)18(24)13-6-7-16-14(11-13)20-17(23)8-10-21(16)2;;/h6-7,11-12,15H,3-5,8-10,19H2,1-2H3,(H,20,23);2*1H. The second kappa shape index (κ2) is 9.44. The van der Waals surface area contributed by atoms with Gasteiger partial charge in [-0.15, -0.1) is 24.8 Å². The first-order valence-corrected chi connectivity index (χ1v) is 8.69. The topological polar surface area (TPSA) is 78.7 Å². The fraction of sp³-hybridized carbons (Fsp3) is 0.556. The predicted octanol–water partition coefficient (Wildman–Crippen LogP) is 2.65. The number of halogens is 2. The molecule has 0 radical (unpaired) electrons. The highest BCUT2D eigenvalue weighted by atomic mass is 35.5. The first-order valence-electron chi connectivity index (χ1n) is 8.69. The van der Waals surface area contributed by atoms with Crippen LogP contribution < -0.4 is 16.0 Å². The quantitative estimate of drug-likeness (QED) is 0.796. The number of rotatable bonds is 2. The Kier molecular flexibility index (Phi) is 8.18. The summed E-state index contributed by atoms with van der Waals surface area (Å²) in [6.07, 6.45) is 3.53. The third-order valence-electron chi connectivity index (χ3n) is 5.02. The van der Waals surface area contributed by atoms with Gasteiger partial charge in [0.1, 0.15) is 0 Å². The molecule has 0 saturated carbocycles.